The number of benzene rings is 2. The summed E-state index contributed by atoms with van der Waals surface area (Å²) in [6.45, 7) is 0.0229. The number of amidine groups is 1. The smallest absolute Gasteiger partial charge is 0.341 e. The van der Waals surface area contributed by atoms with E-state index in [-0.39, 0.29) is 41.4 Å². The molecule has 9 nitrogen and oxygen atoms in total. The highest BCUT2D eigenvalue weighted by Crippen LogP contribution is 2.22. The molecule has 0 spiro atoms. The van der Waals surface area contributed by atoms with E-state index in [9.17, 15) is 19.5 Å². The monoisotopic (exact) mass is 461 g/mol. The molecule has 0 fully saturated rings. The fourth-order valence-electron chi connectivity index (χ4n) is 3.68. The van der Waals surface area contributed by atoms with Crippen molar-refractivity contribution in [3.8, 4) is 0 Å². The van der Waals surface area contributed by atoms with E-state index in [4.69, 9.17) is 16.9 Å². The second kappa shape index (κ2) is 8.77. The van der Waals surface area contributed by atoms with Crippen molar-refractivity contribution in [1.29, 1.82) is 5.41 Å². The minimum atomic E-state index is -1.36. The van der Waals surface area contributed by atoms with E-state index in [0.717, 1.165) is 0 Å². The molecule has 4 rings (SSSR count). The van der Waals surface area contributed by atoms with E-state index in [0.29, 0.717) is 27.2 Å². The number of pyridine rings is 1. The Morgan fingerprint density at radius 2 is 1.76 bits per heavy atom. The van der Waals surface area contributed by atoms with E-state index in [1.54, 1.807) is 46.5 Å². The SMILES string of the molecule is N=C(N)c1ccc(C(=O)c2ccc3c(=O)c(C(=O)O)c(CN)n(Cc4nccs4)c3c2)cc1. The highest BCUT2D eigenvalue weighted by atomic mass is 32.1. The van der Waals surface area contributed by atoms with Gasteiger partial charge in [-0.05, 0) is 12.1 Å². The van der Waals surface area contributed by atoms with Gasteiger partial charge in [0, 0.05) is 40.2 Å². The molecule has 0 saturated carbocycles. The zero-order valence-corrected chi connectivity index (χ0v) is 18.1. The van der Waals surface area contributed by atoms with Crippen molar-refractivity contribution in [3.05, 3.63) is 97.2 Å². The van der Waals surface area contributed by atoms with Crippen LogP contribution in [0.4, 0.5) is 0 Å². The maximum absolute atomic E-state index is 13.1. The number of aromatic carboxylic acids is 1. The van der Waals surface area contributed by atoms with Crippen LogP contribution in [0.5, 0.6) is 0 Å². The molecular formula is C23H19N5O4S. The third-order valence-electron chi connectivity index (χ3n) is 5.28. The van der Waals surface area contributed by atoms with Gasteiger partial charge in [-0.2, -0.15) is 0 Å². The first-order chi connectivity index (χ1) is 15.8. The summed E-state index contributed by atoms with van der Waals surface area (Å²) in [6.07, 6.45) is 1.63. The lowest BCUT2D eigenvalue weighted by atomic mass is 9.99. The van der Waals surface area contributed by atoms with Crippen LogP contribution in [0.3, 0.4) is 0 Å². The Labute approximate surface area is 191 Å². The second-order valence-electron chi connectivity index (χ2n) is 7.22. The Morgan fingerprint density at radius 3 is 2.33 bits per heavy atom. The van der Waals surface area contributed by atoms with Crippen molar-refractivity contribution in [1.82, 2.24) is 9.55 Å². The molecule has 10 heteroatoms. The molecule has 0 aliphatic rings. The average Bonchev–Trinajstić information content (AvgIpc) is 3.32. The topological polar surface area (TPSA) is 165 Å². The third kappa shape index (κ3) is 4.04. The maximum atomic E-state index is 13.1. The van der Waals surface area contributed by atoms with Gasteiger partial charge in [-0.25, -0.2) is 9.78 Å². The molecule has 2 aromatic heterocycles. The van der Waals surface area contributed by atoms with Gasteiger partial charge in [0.05, 0.1) is 17.8 Å². The van der Waals surface area contributed by atoms with Crippen molar-refractivity contribution in [2.24, 2.45) is 11.5 Å². The van der Waals surface area contributed by atoms with Gasteiger partial charge in [0.15, 0.2) is 5.78 Å². The van der Waals surface area contributed by atoms with Gasteiger partial charge in [-0.15, -0.1) is 11.3 Å². The fourth-order valence-corrected chi connectivity index (χ4v) is 4.29. The lowest BCUT2D eigenvalue weighted by Gasteiger charge is -2.18. The van der Waals surface area contributed by atoms with E-state index < -0.39 is 11.4 Å². The molecule has 0 amide bonds. The van der Waals surface area contributed by atoms with Crippen molar-refractivity contribution < 1.29 is 14.7 Å². The molecule has 6 N–H and O–H groups in total. The van der Waals surface area contributed by atoms with Crippen LogP contribution >= 0.6 is 11.3 Å². The summed E-state index contributed by atoms with van der Waals surface area (Å²) in [7, 11) is 0. The summed E-state index contributed by atoms with van der Waals surface area (Å²) >= 11 is 1.38. The average molecular weight is 462 g/mol. The highest BCUT2D eigenvalue weighted by Gasteiger charge is 2.23. The van der Waals surface area contributed by atoms with Gasteiger partial charge in [-0.1, -0.05) is 30.3 Å². The van der Waals surface area contributed by atoms with Crippen molar-refractivity contribution >= 4 is 39.8 Å². The number of carboxylic acid groups (broad SMARTS) is 1. The number of ketones is 1. The summed E-state index contributed by atoms with van der Waals surface area (Å²) in [5.41, 5.74) is 12.0. The molecule has 0 aliphatic heterocycles. The number of carboxylic acids is 1. The van der Waals surface area contributed by atoms with Crippen LogP contribution in [0, 0.1) is 5.41 Å². The quantitative estimate of drug-likeness (QED) is 0.186. The Kier molecular flexibility index (Phi) is 5.86. The van der Waals surface area contributed by atoms with Crippen LogP contribution in [-0.4, -0.2) is 32.2 Å². The first kappa shape index (κ1) is 22.1. The molecule has 2 aromatic carbocycles. The van der Waals surface area contributed by atoms with Gasteiger partial charge in [0.2, 0.25) is 5.43 Å². The predicted octanol–water partition coefficient (Wildman–Crippen LogP) is 2.18. The van der Waals surface area contributed by atoms with Crippen molar-refractivity contribution in [2.45, 2.75) is 13.1 Å². The minimum absolute atomic E-state index is 0.102. The fraction of sp³-hybridized carbons (Fsp3) is 0.0870. The van der Waals surface area contributed by atoms with E-state index in [2.05, 4.69) is 4.98 Å². The van der Waals surface area contributed by atoms with Crippen LogP contribution in [0.1, 0.15) is 42.5 Å². The number of carbonyl (C=O) groups is 2. The number of carbonyl (C=O) groups excluding carboxylic acids is 1. The van der Waals surface area contributed by atoms with Crippen LogP contribution < -0.4 is 16.9 Å². The summed E-state index contributed by atoms with van der Waals surface area (Å²) in [4.78, 5) is 42.2. The zero-order valence-electron chi connectivity index (χ0n) is 17.2. The van der Waals surface area contributed by atoms with Crippen LogP contribution in [0.2, 0.25) is 0 Å². The molecule has 166 valence electrons. The third-order valence-corrected chi connectivity index (χ3v) is 6.04. The Hall–Kier alpha value is -4.15. The van der Waals surface area contributed by atoms with Crippen LogP contribution in [0.25, 0.3) is 10.9 Å². The molecule has 0 radical (unpaired) electrons. The standard InChI is InChI=1S/C23H19N5O4S/c24-10-17-19(23(31)32)21(30)15-6-5-14(9-16(15)28(17)11-18-27-7-8-33-18)20(29)12-1-3-13(4-2-12)22(25)26/h1-9H,10-11,24H2,(H3,25,26)(H,31,32). The first-order valence-electron chi connectivity index (χ1n) is 9.82. The van der Waals surface area contributed by atoms with E-state index >= 15 is 0 Å². The Morgan fingerprint density at radius 1 is 1.09 bits per heavy atom. The van der Waals surface area contributed by atoms with Crippen LogP contribution in [-0.2, 0) is 13.1 Å². The van der Waals surface area contributed by atoms with E-state index in [1.165, 1.54) is 23.5 Å². The molecule has 0 aliphatic carbocycles. The number of hydrogen-bond donors (Lipinski definition) is 4. The molecule has 33 heavy (non-hydrogen) atoms. The first-order valence-corrected chi connectivity index (χ1v) is 10.7. The van der Waals surface area contributed by atoms with Crippen molar-refractivity contribution in [2.75, 3.05) is 0 Å². The summed E-state index contributed by atoms with van der Waals surface area (Å²) in [5.74, 6) is -1.76. The molecule has 0 atom stereocenters. The molecular weight excluding hydrogens is 442 g/mol. The molecule has 0 saturated heterocycles. The Balaban J connectivity index is 1.92. The second-order valence-corrected chi connectivity index (χ2v) is 8.20. The lowest BCUT2D eigenvalue weighted by molar-refractivity contribution is 0.0693. The van der Waals surface area contributed by atoms with Gasteiger partial charge in [0.1, 0.15) is 16.4 Å². The normalized spacial score (nSPS) is 10.9. The number of hydrogen-bond acceptors (Lipinski definition) is 7. The summed E-state index contributed by atoms with van der Waals surface area (Å²) in [5, 5.41) is 19.8. The Bertz CT molecular complexity index is 1460. The van der Waals surface area contributed by atoms with Gasteiger partial charge in [0.25, 0.3) is 0 Å². The lowest BCUT2D eigenvalue weighted by Crippen LogP contribution is -2.26. The van der Waals surface area contributed by atoms with Gasteiger partial charge >= 0.3 is 5.97 Å². The number of nitrogens with one attached hydrogen (secondary N) is 1. The van der Waals surface area contributed by atoms with Gasteiger partial charge in [-0.3, -0.25) is 15.0 Å². The number of nitrogen functional groups attached to an aromatic ring is 1. The number of nitrogens with zero attached hydrogens (tertiary/aromatic N) is 2. The number of aromatic nitrogens is 2. The molecule has 2 heterocycles. The van der Waals surface area contributed by atoms with E-state index in [1.807, 2.05) is 0 Å². The number of fused-ring (bicyclic) bond motifs is 1. The van der Waals surface area contributed by atoms with Crippen molar-refractivity contribution in [3.63, 3.8) is 0 Å². The van der Waals surface area contributed by atoms with Gasteiger partial charge < -0.3 is 21.1 Å². The molecule has 0 unspecified atom stereocenters. The highest BCUT2D eigenvalue weighted by molar-refractivity contribution is 7.09. The molecule has 0 bridgehead atoms. The maximum Gasteiger partial charge on any atom is 0.341 e. The largest absolute Gasteiger partial charge is 0.477 e. The number of thiazole rings is 1. The summed E-state index contributed by atoms with van der Waals surface area (Å²) in [6, 6.07) is 10.8. The number of rotatable bonds is 7. The summed E-state index contributed by atoms with van der Waals surface area (Å²) < 4.78 is 1.63. The zero-order chi connectivity index (χ0) is 23.7. The predicted molar refractivity (Wildman–Crippen MR) is 125 cm³/mol. The molecule has 4 aromatic rings. The van der Waals surface area contributed by atoms with Crippen LogP contribution in [0.15, 0.2) is 58.8 Å². The minimum Gasteiger partial charge on any atom is -0.477 e. The number of nitrogens with two attached hydrogens (primary N) is 2.